The molecular formula is C10H11N3O6S. The first-order valence-electron chi connectivity index (χ1n) is 5.76. The van der Waals surface area contributed by atoms with Crippen LogP contribution < -0.4 is 11.2 Å². The molecular weight excluding hydrogens is 290 g/mol. The van der Waals surface area contributed by atoms with Gasteiger partial charge < -0.3 is 20.1 Å². The number of rotatable bonds is 2. The van der Waals surface area contributed by atoms with Gasteiger partial charge in [-0.05, 0) is 11.5 Å². The van der Waals surface area contributed by atoms with Crippen molar-refractivity contribution in [2.75, 3.05) is 6.61 Å². The van der Waals surface area contributed by atoms with Gasteiger partial charge in [0.2, 0.25) is 0 Å². The maximum atomic E-state index is 11.9. The van der Waals surface area contributed by atoms with E-state index in [1.54, 1.807) is 0 Å². The molecule has 0 bridgehead atoms. The Kier molecular flexibility index (Phi) is 3.18. The highest BCUT2D eigenvalue weighted by molar-refractivity contribution is 7.04. The van der Waals surface area contributed by atoms with Gasteiger partial charge in [-0.1, -0.05) is 0 Å². The first-order valence-corrected chi connectivity index (χ1v) is 6.59. The molecule has 1 fully saturated rings. The topological polar surface area (TPSA) is 138 Å². The van der Waals surface area contributed by atoms with Crippen LogP contribution in [-0.4, -0.2) is 54.2 Å². The predicted octanol–water partition coefficient (Wildman–Crippen LogP) is -2.24. The van der Waals surface area contributed by atoms with Crippen molar-refractivity contribution in [2.24, 2.45) is 0 Å². The number of hydrogen-bond donors (Lipinski definition) is 4. The molecule has 0 aliphatic carbocycles. The standard InChI is InChI=1S/C10H11N3O6S/c14-1-4-6(15)7(16)9(19-4)13-3-2-20-12-5(3)8(17)11-10(13)18/h2,4,6-7,9,14-16H,1H2,(H,11,17,18)/t4-,6-,7-,9-/m1/s1. The molecule has 2 aromatic heterocycles. The third-order valence-corrected chi connectivity index (χ3v) is 3.85. The van der Waals surface area contributed by atoms with Crippen molar-refractivity contribution in [3.8, 4) is 0 Å². The smallest absolute Gasteiger partial charge is 0.331 e. The second-order valence-corrected chi connectivity index (χ2v) is 5.04. The molecule has 0 amide bonds. The molecule has 10 heteroatoms. The fourth-order valence-electron chi connectivity index (χ4n) is 2.23. The molecule has 108 valence electrons. The molecule has 0 saturated carbocycles. The van der Waals surface area contributed by atoms with Gasteiger partial charge in [-0.25, -0.2) is 4.79 Å². The fourth-order valence-corrected chi connectivity index (χ4v) is 2.89. The zero-order valence-electron chi connectivity index (χ0n) is 9.96. The summed E-state index contributed by atoms with van der Waals surface area (Å²) in [5.74, 6) is 0. The summed E-state index contributed by atoms with van der Waals surface area (Å²) >= 11 is 0.978. The molecule has 20 heavy (non-hydrogen) atoms. The van der Waals surface area contributed by atoms with E-state index in [0.717, 1.165) is 16.1 Å². The van der Waals surface area contributed by atoms with E-state index in [1.165, 1.54) is 5.38 Å². The Balaban J connectivity index is 2.18. The van der Waals surface area contributed by atoms with Gasteiger partial charge in [0.25, 0.3) is 5.56 Å². The number of aromatic amines is 1. The van der Waals surface area contributed by atoms with Crippen molar-refractivity contribution in [3.63, 3.8) is 0 Å². The number of nitrogens with zero attached hydrogens (tertiary/aromatic N) is 2. The Labute approximate surface area is 114 Å². The highest BCUT2D eigenvalue weighted by Crippen LogP contribution is 2.29. The normalized spacial score (nSPS) is 30.1. The highest BCUT2D eigenvalue weighted by Gasteiger charge is 2.44. The molecule has 1 saturated heterocycles. The van der Waals surface area contributed by atoms with Gasteiger partial charge in [0.1, 0.15) is 18.3 Å². The van der Waals surface area contributed by atoms with Crippen LogP contribution in [0.5, 0.6) is 0 Å². The van der Waals surface area contributed by atoms with Gasteiger partial charge in [0.05, 0.1) is 12.1 Å². The highest BCUT2D eigenvalue weighted by atomic mass is 32.1. The first kappa shape index (κ1) is 13.4. The second kappa shape index (κ2) is 4.75. The average Bonchev–Trinajstić information content (AvgIpc) is 2.99. The molecule has 1 aliphatic rings. The van der Waals surface area contributed by atoms with Gasteiger partial charge in [-0.3, -0.25) is 14.3 Å². The summed E-state index contributed by atoms with van der Waals surface area (Å²) in [5, 5.41) is 30.2. The summed E-state index contributed by atoms with van der Waals surface area (Å²) in [6.45, 7) is -0.502. The predicted molar refractivity (Wildman–Crippen MR) is 67.5 cm³/mol. The van der Waals surface area contributed by atoms with Gasteiger partial charge in [-0.2, -0.15) is 4.37 Å². The third kappa shape index (κ3) is 1.81. The Bertz CT molecular complexity index is 751. The first-order chi connectivity index (χ1) is 9.54. The van der Waals surface area contributed by atoms with Crippen LogP contribution in [0.3, 0.4) is 0 Å². The lowest BCUT2D eigenvalue weighted by Gasteiger charge is -2.17. The van der Waals surface area contributed by atoms with E-state index in [1.807, 2.05) is 0 Å². The minimum Gasteiger partial charge on any atom is -0.394 e. The van der Waals surface area contributed by atoms with Crippen LogP contribution >= 0.6 is 11.5 Å². The molecule has 9 nitrogen and oxygen atoms in total. The van der Waals surface area contributed by atoms with Crippen molar-refractivity contribution in [3.05, 3.63) is 26.2 Å². The maximum absolute atomic E-state index is 11.9. The minimum atomic E-state index is -1.40. The molecule has 0 aromatic carbocycles. The molecule has 4 N–H and O–H groups in total. The van der Waals surface area contributed by atoms with Crippen LogP contribution in [0.1, 0.15) is 6.23 Å². The number of aliphatic hydroxyl groups excluding tert-OH is 3. The van der Waals surface area contributed by atoms with Gasteiger partial charge in [0, 0.05) is 5.38 Å². The molecule has 3 heterocycles. The zero-order chi connectivity index (χ0) is 14.4. The van der Waals surface area contributed by atoms with E-state index in [0.29, 0.717) is 0 Å². The quantitative estimate of drug-likeness (QED) is 0.492. The number of ether oxygens (including phenoxy) is 1. The van der Waals surface area contributed by atoms with E-state index in [4.69, 9.17) is 9.84 Å². The van der Waals surface area contributed by atoms with Crippen molar-refractivity contribution in [1.82, 2.24) is 13.9 Å². The van der Waals surface area contributed by atoms with Crippen LogP contribution in [-0.2, 0) is 4.74 Å². The SMILES string of the molecule is O=c1[nH]c(=O)n([C@@H]2O[C@H](CO)[C@@H](O)[C@H]2O)c2csnc12. The van der Waals surface area contributed by atoms with Crippen LogP contribution in [0.2, 0.25) is 0 Å². The molecule has 0 spiro atoms. The van der Waals surface area contributed by atoms with Gasteiger partial charge >= 0.3 is 5.69 Å². The lowest BCUT2D eigenvalue weighted by molar-refractivity contribution is -0.0527. The number of H-pyrrole nitrogens is 1. The van der Waals surface area contributed by atoms with Crippen LogP contribution in [0.25, 0.3) is 11.0 Å². The van der Waals surface area contributed by atoms with E-state index >= 15 is 0 Å². The van der Waals surface area contributed by atoms with Crippen LogP contribution in [0.15, 0.2) is 15.0 Å². The molecule has 4 atom stereocenters. The van der Waals surface area contributed by atoms with E-state index in [-0.39, 0.29) is 11.0 Å². The number of aromatic nitrogens is 3. The van der Waals surface area contributed by atoms with Gasteiger partial charge in [0.15, 0.2) is 11.7 Å². The summed E-state index contributed by atoms with van der Waals surface area (Å²) in [6, 6.07) is 0. The number of hydrogen-bond acceptors (Lipinski definition) is 8. The van der Waals surface area contributed by atoms with Crippen molar-refractivity contribution in [2.45, 2.75) is 24.5 Å². The lowest BCUT2D eigenvalue weighted by Crippen LogP contribution is -2.38. The van der Waals surface area contributed by atoms with E-state index < -0.39 is 42.4 Å². The fraction of sp³-hybridized carbons (Fsp3) is 0.500. The molecule has 2 aromatic rings. The van der Waals surface area contributed by atoms with Gasteiger partial charge in [-0.15, -0.1) is 0 Å². The Hall–Kier alpha value is -1.59. The second-order valence-electron chi connectivity index (χ2n) is 4.41. The summed E-state index contributed by atoms with van der Waals surface area (Å²) in [7, 11) is 0. The zero-order valence-corrected chi connectivity index (χ0v) is 10.8. The average molecular weight is 301 g/mol. The Morgan fingerprint density at radius 2 is 2.15 bits per heavy atom. The third-order valence-electron chi connectivity index (χ3n) is 3.24. The number of nitrogens with one attached hydrogen (secondary N) is 1. The van der Waals surface area contributed by atoms with Crippen LogP contribution in [0, 0.1) is 0 Å². The monoisotopic (exact) mass is 301 g/mol. The van der Waals surface area contributed by atoms with E-state index in [2.05, 4.69) is 9.36 Å². The van der Waals surface area contributed by atoms with Crippen molar-refractivity contribution in [1.29, 1.82) is 0 Å². The molecule has 0 unspecified atom stereocenters. The minimum absolute atomic E-state index is 0.0485. The van der Waals surface area contributed by atoms with Crippen molar-refractivity contribution < 1.29 is 20.1 Å². The molecule has 3 rings (SSSR count). The Morgan fingerprint density at radius 3 is 2.80 bits per heavy atom. The molecule has 0 radical (unpaired) electrons. The summed E-state index contributed by atoms with van der Waals surface area (Å²) in [5.41, 5.74) is -1.15. The Morgan fingerprint density at radius 1 is 1.40 bits per heavy atom. The summed E-state index contributed by atoms with van der Waals surface area (Å²) in [4.78, 5) is 25.6. The van der Waals surface area contributed by atoms with Crippen LogP contribution in [0.4, 0.5) is 0 Å². The molecule has 1 aliphatic heterocycles. The van der Waals surface area contributed by atoms with E-state index in [9.17, 15) is 19.8 Å². The largest absolute Gasteiger partial charge is 0.394 e. The number of aliphatic hydroxyl groups is 3. The lowest BCUT2D eigenvalue weighted by atomic mass is 10.1. The van der Waals surface area contributed by atoms with Crippen molar-refractivity contribution >= 4 is 22.6 Å². The maximum Gasteiger partial charge on any atom is 0.331 e. The number of fused-ring (bicyclic) bond motifs is 1. The summed E-state index contributed by atoms with van der Waals surface area (Å²) < 4.78 is 10.2. The summed E-state index contributed by atoms with van der Waals surface area (Å²) in [6.07, 6.45) is -4.94.